The second-order valence-corrected chi connectivity index (χ2v) is 8.14. The number of benzene rings is 3. The molecule has 0 atom stereocenters. The molecule has 0 saturated heterocycles. The molecule has 0 aliphatic rings. The highest BCUT2D eigenvalue weighted by Crippen LogP contribution is 2.31. The molecule has 0 unspecified atom stereocenters. The molecule has 0 radical (unpaired) electrons. The van der Waals surface area contributed by atoms with Crippen molar-refractivity contribution in [2.24, 2.45) is 7.05 Å². The van der Waals surface area contributed by atoms with Crippen LogP contribution in [0.15, 0.2) is 65.8 Å². The maximum absolute atomic E-state index is 12.5. The van der Waals surface area contributed by atoms with Gasteiger partial charge in [-0.2, -0.15) is 0 Å². The van der Waals surface area contributed by atoms with Crippen LogP contribution in [0.25, 0.3) is 22.2 Å². The van der Waals surface area contributed by atoms with E-state index in [0.29, 0.717) is 21.0 Å². The van der Waals surface area contributed by atoms with Crippen molar-refractivity contribution >= 4 is 57.3 Å². The first kappa shape index (κ1) is 19.8. The van der Waals surface area contributed by atoms with Gasteiger partial charge in [-0.25, -0.2) is 0 Å². The Kier molecular flexibility index (Phi) is 5.76. The summed E-state index contributed by atoms with van der Waals surface area (Å²) >= 11 is 13.5. The summed E-state index contributed by atoms with van der Waals surface area (Å²) in [5, 5.41) is 15.1. The number of nitrogens with one attached hydrogen (secondary N) is 1. The van der Waals surface area contributed by atoms with E-state index in [2.05, 4.69) is 15.5 Å². The first-order valence-corrected chi connectivity index (χ1v) is 10.5. The fourth-order valence-corrected chi connectivity index (χ4v) is 4.20. The first-order chi connectivity index (χ1) is 14.0. The second kappa shape index (κ2) is 8.45. The van der Waals surface area contributed by atoms with Crippen LogP contribution in [-0.2, 0) is 11.8 Å². The number of rotatable bonds is 5. The molecule has 0 bridgehead atoms. The molecule has 5 nitrogen and oxygen atoms in total. The standard InChI is InChI=1S/C21H16Cl2N4OS/c1-27-20(16-10-9-14(22)11-17(16)23)25-26-21(27)29-12-19(28)24-18-8-4-6-13-5-2-3-7-15(13)18/h2-11H,12H2,1H3,(H,24,28). The number of hydrogen-bond donors (Lipinski definition) is 1. The third-order valence-corrected chi connectivity index (χ3v) is 5.97. The van der Waals surface area contributed by atoms with E-state index in [1.807, 2.05) is 54.1 Å². The van der Waals surface area contributed by atoms with Crippen LogP contribution < -0.4 is 5.32 Å². The van der Waals surface area contributed by atoms with Crippen molar-refractivity contribution in [3.8, 4) is 11.4 Å². The summed E-state index contributed by atoms with van der Waals surface area (Å²) in [6.07, 6.45) is 0. The van der Waals surface area contributed by atoms with Crippen molar-refractivity contribution in [3.05, 3.63) is 70.7 Å². The lowest BCUT2D eigenvalue weighted by atomic mass is 10.1. The summed E-state index contributed by atoms with van der Waals surface area (Å²) < 4.78 is 1.81. The summed E-state index contributed by atoms with van der Waals surface area (Å²) in [4.78, 5) is 12.5. The molecule has 1 amide bonds. The van der Waals surface area contributed by atoms with Crippen molar-refractivity contribution in [2.45, 2.75) is 5.16 Å². The number of hydrogen-bond acceptors (Lipinski definition) is 4. The summed E-state index contributed by atoms with van der Waals surface area (Å²) in [6.45, 7) is 0. The molecule has 4 rings (SSSR count). The summed E-state index contributed by atoms with van der Waals surface area (Å²) in [5.74, 6) is 0.716. The Morgan fingerprint density at radius 2 is 1.86 bits per heavy atom. The maximum Gasteiger partial charge on any atom is 0.234 e. The molecule has 1 N–H and O–H groups in total. The lowest BCUT2D eigenvalue weighted by molar-refractivity contribution is -0.113. The molecule has 1 heterocycles. The third-order valence-electron chi connectivity index (χ3n) is 4.40. The van der Waals surface area contributed by atoms with E-state index in [9.17, 15) is 4.79 Å². The highest BCUT2D eigenvalue weighted by Gasteiger charge is 2.15. The average molecular weight is 443 g/mol. The largest absolute Gasteiger partial charge is 0.325 e. The number of nitrogens with zero attached hydrogens (tertiary/aromatic N) is 3. The number of aromatic nitrogens is 3. The van der Waals surface area contributed by atoms with Crippen LogP contribution in [0.2, 0.25) is 10.0 Å². The van der Waals surface area contributed by atoms with E-state index in [4.69, 9.17) is 23.2 Å². The van der Waals surface area contributed by atoms with Crippen molar-refractivity contribution in [3.63, 3.8) is 0 Å². The molecule has 29 heavy (non-hydrogen) atoms. The number of carbonyl (C=O) groups excluding carboxylic acids is 1. The van der Waals surface area contributed by atoms with Gasteiger partial charge in [0.1, 0.15) is 0 Å². The summed E-state index contributed by atoms with van der Waals surface area (Å²) in [5.41, 5.74) is 1.53. The van der Waals surface area contributed by atoms with Gasteiger partial charge < -0.3 is 9.88 Å². The Bertz CT molecular complexity index is 1200. The fourth-order valence-electron chi connectivity index (χ4n) is 3.00. The van der Waals surface area contributed by atoms with E-state index < -0.39 is 0 Å². The number of halogens is 2. The van der Waals surface area contributed by atoms with Crippen LogP contribution in [0.5, 0.6) is 0 Å². The van der Waals surface area contributed by atoms with Gasteiger partial charge in [-0.3, -0.25) is 4.79 Å². The Morgan fingerprint density at radius 3 is 2.69 bits per heavy atom. The summed E-state index contributed by atoms with van der Waals surface area (Å²) in [6, 6.07) is 19.0. The monoisotopic (exact) mass is 442 g/mol. The summed E-state index contributed by atoms with van der Waals surface area (Å²) in [7, 11) is 1.84. The van der Waals surface area contributed by atoms with Crippen LogP contribution in [0, 0.1) is 0 Å². The van der Waals surface area contributed by atoms with Gasteiger partial charge in [0.25, 0.3) is 0 Å². The van der Waals surface area contributed by atoms with Gasteiger partial charge in [0.15, 0.2) is 11.0 Å². The number of anilines is 1. The molecule has 0 saturated carbocycles. The Hall–Kier alpha value is -2.54. The smallest absolute Gasteiger partial charge is 0.234 e. The van der Waals surface area contributed by atoms with Gasteiger partial charge in [-0.05, 0) is 29.7 Å². The molecule has 3 aromatic carbocycles. The average Bonchev–Trinajstić information content (AvgIpc) is 3.07. The van der Waals surface area contributed by atoms with Crippen LogP contribution >= 0.6 is 35.0 Å². The normalized spacial score (nSPS) is 11.0. The lowest BCUT2D eigenvalue weighted by Gasteiger charge is -2.09. The van der Waals surface area contributed by atoms with Crippen molar-refractivity contribution in [1.82, 2.24) is 14.8 Å². The number of thioether (sulfide) groups is 1. The molecule has 146 valence electrons. The van der Waals surface area contributed by atoms with E-state index in [1.54, 1.807) is 18.2 Å². The predicted molar refractivity (Wildman–Crippen MR) is 120 cm³/mol. The highest BCUT2D eigenvalue weighted by molar-refractivity contribution is 7.99. The van der Waals surface area contributed by atoms with Gasteiger partial charge in [-0.1, -0.05) is 71.4 Å². The third kappa shape index (κ3) is 4.24. The van der Waals surface area contributed by atoms with Crippen molar-refractivity contribution < 1.29 is 4.79 Å². The zero-order valence-electron chi connectivity index (χ0n) is 15.4. The topological polar surface area (TPSA) is 59.8 Å². The van der Waals surface area contributed by atoms with Crippen LogP contribution in [0.3, 0.4) is 0 Å². The fraction of sp³-hybridized carbons (Fsp3) is 0.0952. The molecule has 1 aromatic heterocycles. The van der Waals surface area contributed by atoms with Gasteiger partial charge in [-0.15, -0.1) is 10.2 Å². The highest BCUT2D eigenvalue weighted by atomic mass is 35.5. The zero-order valence-corrected chi connectivity index (χ0v) is 17.7. The Morgan fingerprint density at radius 1 is 1.07 bits per heavy atom. The molecule has 0 fully saturated rings. The van der Waals surface area contributed by atoms with Gasteiger partial charge in [0.05, 0.1) is 10.8 Å². The molecule has 0 aliphatic carbocycles. The van der Waals surface area contributed by atoms with E-state index in [1.165, 1.54) is 11.8 Å². The number of fused-ring (bicyclic) bond motifs is 1. The second-order valence-electron chi connectivity index (χ2n) is 6.35. The molecular formula is C21H16Cl2N4OS. The molecule has 4 aromatic rings. The van der Waals surface area contributed by atoms with Gasteiger partial charge >= 0.3 is 0 Å². The minimum Gasteiger partial charge on any atom is -0.325 e. The SMILES string of the molecule is Cn1c(SCC(=O)Nc2cccc3ccccc23)nnc1-c1ccc(Cl)cc1Cl. The molecule has 0 spiro atoms. The van der Waals surface area contributed by atoms with Crippen molar-refractivity contribution in [1.29, 1.82) is 0 Å². The maximum atomic E-state index is 12.5. The van der Waals surface area contributed by atoms with Crippen LogP contribution in [0.4, 0.5) is 5.69 Å². The van der Waals surface area contributed by atoms with E-state index >= 15 is 0 Å². The predicted octanol–water partition coefficient (Wildman–Crippen LogP) is 5.67. The van der Waals surface area contributed by atoms with Crippen molar-refractivity contribution in [2.75, 3.05) is 11.1 Å². The molecule has 8 heteroatoms. The van der Waals surface area contributed by atoms with Crippen LogP contribution in [-0.4, -0.2) is 26.4 Å². The van der Waals surface area contributed by atoms with E-state index in [-0.39, 0.29) is 11.7 Å². The lowest BCUT2D eigenvalue weighted by Crippen LogP contribution is -2.14. The zero-order chi connectivity index (χ0) is 20.4. The van der Waals surface area contributed by atoms with Gasteiger partial charge in [0, 0.05) is 28.7 Å². The van der Waals surface area contributed by atoms with Crippen LogP contribution in [0.1, 0.15) is 0 Å². The minimum absolute atomic E-state index is 0.111. The molecular weight excluding hydrogens is 427 g/mol. The minimum atomic E-state index is -0.111. The Labute approximate surface area is 182 Å². The number of amides is 1. The quantitative estimate of drug-likeness (QED) is 0.404. The first-order valence-electron chi connectivity index (χ1n) is 8.78. The number of carbonyl (C=O) groups is 1. The molecule has 0 aliphatic heterocycles. The van der Waals surface area contributed by atoms with Gasteiger partial charge in [0.2, 0.25) is 5.91 Å². The van der Waals surface area contributed by atoms with E-state index in [0.717, 1.165) is 22.0 Å². The Balaban J connectivity index is 1.47.